The normalized spacial score (nSPS) is 18.6. The van der Waals surface area contributed by atoms with E-state index in [9.17, 15) is 13.2 Å². The molecule has 19 heavy (non-hydrogen) atoms. The van der Waals surface area contributed by atoms with E-state index < -0.39 is 11.7 Å². The number of halogens is 4. The molecule has 2 heterocycles. The van der Waals surface area contributed by atoms with E-state index >= 15 is 0 Å². The number of hydrogen-bond acceptors (Lipinski definition) is 2. The molecule has 0 N–H and O–H groups in total. The molecule has 1 fully saturated rings. The van der Waals surface area contributed by atoms with Crippen molar-refractivity contribution in [3.63, 3.8) is 0 Å². The highest BCUT2D eigenvalue weighted by Crippen LogP contribution is 2.41. The van der Waals surface area contributed by atoms with Gasteiger partial charge in [0.1, 0.15) is 5.82 Å². The number of nitrogens with zero attached hydrogens (tertiary/aromatic N) is 2. The van der Waals surface area contributed by atoms with Gasteiger partial charge in [0, 0.05) is 24.7 Å². The van der Waals surface area contributed by atoms with Crippen LogP contribution in [0.4, 0.5) is 19.0 Å². The second-order valence-electron chi connectivity index (χ2n) is 5.68. The van der Waals surface area contributed by atoms with E-state index in [1.54, 1.807) is 0 Å². The van der Waals surface area contributed by atoms with E-state index in [0.717, 1.165) is 25.4 Å². The van der Waals surface area contributed by atoms with Crippen molar-refractivity contribution in [1.29, 1.82) is 0 Å². The molecule has 0 aliphatic carbocycles. The Morgan fingerprint density at radius 1 is 1.37 bits per heavy atom. The predicted octanol–water partition coefficient (Wildman–Crippen LogP) is 4.24. The monoisotopic (exact) mass is 292 g/mol. The lowest BCUT2D eigenvalue weighted by molar-refractivity contribution is -0.137. The SMILES string of the molecule is CC(C)C1(C)CN(c2cc(C(F)(F)F)c(Cl)cn2)C1. The molecule has 0 aromatic carbocycles. The van der Waals surface area contributed by atoms with Crippen molar-refractivity contribution in [3.8, 4) is 0 Å². The van der Waals surface area contributed by atoms with Crippen molar-refractivity contribution < 1.29 is 13.2 Å². The van der Waals surface area contributed by atoms with Crippen molar-refractivity contribution >= 4 is 17.4 Å². The number of alkyl halides is 3. The van der Waals surface area contributed by atoms with E-state index in [1.165, 1.54) is 0 Å². The van der Waals surface area contributed by atoms with Gasteiger partial charge >= 0.3 is 6.18 Å². The summed E-state index contributed by atoms with van der Waals surface area (Å²) >= 11 is 5.55. The van der Waals surface area contributed by atoms with Crippen molar-refractivity contribution in [2.75, 3.05) is 18.0 Å². The third-order valence-electron chi connectivity index (χ3n) is 3.97. The molecule has 0 amide bonds. The van der Waals surface area contributed by atoms with Crippen LogP contribution in [-0.4, -0.2) is 18.1 Å². The standard InChI is InChI=1S/C13H16ClF3N2/c1-8(2)12(3)6-19(7-12)11-4-9(13(15,16)17)10(14)5-18-11/h4-5,8H,6-7H2,1-3H3. The molecule has 106 valence electrons. The lowest BCUT2D eigenvalue weighted by Crippen LogP contribution is -2.57. The quantitative estimate of drug-likeness (QED) is 0.810. The Balaban J connectivity index is 2.21. The van der Waals surface area contributed by atoms with E-state index in [-0.39, 0.29) is 10.4 Å². The third-order valence-corrected chi connectivity index (χ3v) is 4.27. The molecule has 1 aromatic heterocycles. The zero-order valence-electron chi connectivity index (χ0n) is 11.1. The largest absolute Gasteiger partial charge is 0.418 e. The van der Waals surface area contributed by atoms with Crippen LogP contribution in [0.25, 0.3) is 0 Å². The van der Waals surface area contributed by atoms with E-state index in [4.69, 9.17) is 11.6 Å². The second-order valence-corrected chi connectivity index (χ2v) is 6.09. The van der Waals surface area contributed by atoms with Crippen LogP contribution in [0.15, 0.2) is 12.3 Å². The van der Waals surface area contributed by atoms with E-state index in [1.807, 2.05) is 4.90 Å². The fraction of sp³-hybridized carbons (Fsp3) is 0.615. The van der Waals surface area contributed by atoms with Crippen LogP contribution < -0.4 is 4.90 Å². The van der Waals surface area contributed by atoms with Gasteiger partial charge in [-0.3, -0.25) is 0 Å². The molecule has 0 saturated carbocycles. The van der Waals surface area contributed by atoms with Crippen LogP contribution in [0.1, 0.15) is 26.3 Å². The Kier molecular flexibility index (Phi) is 3.45. The molecule has 0 unspecified atom stereocenters. The lowest BCUT2D eigenvalue weighted by Gasteiger charge is -2.51. The zero-order valence-corrected chi connectivity index (χ0v) is 11.8. The minimum atomic E-state index is -4.44. The smallest absolute Gasteiger partial charge is 0.355 e. The highest BCUT2D eigenvalue weighted by atomic mass is 35.5. The van der Waals surface area contributed by atoms with Gasteiger partial charge in [-0.2, -0.15) is 13.2 Å². The average Bonchev–Trinajstić information content (AvgIpc) is 2.23. The van der Waals surface area contributed by atoms with Gasteiger partial charge < -0.3 is 4.90 Å². The minimum Gasteiger partial charge on any atom is -0.355 e. The van der Waals surface area contributed by atoms with Crippen LogP contribution in [0.2, 0.25) is 5.02 Å². The number of pyridine rings is 1. The number of anilines is 1. The summed E-state index contributed by atoms with van der Waals surface area (Å²) in [5, 5.41) is -0.358. The van der Waals surface area contributed by atoms with Crippen molar-refractivity contribution in [2.45, 2.75) is 26.9 Å². The fourth-order valence-electron chi connectivity index (χ4n) is 2.17. The average molecular weight is 293 g/mol. The summed E-state index contributed by atoms with van der Waals surface area (Å²) in [6.45, 7) is 7.81. The highest BCUT2D eigenvalue weighted by molar-refractivity contribution is 6.31. The maximum atomic E-state index is 12.8. The summed E-state index contributed by atoms with van der Waals surface area (Å²) in [5.41, 5.74) is -0.683. The lowest BCUT2D eigenvalue weighted by atomic mass is 9.72. The molecule has 0 atom stereocenters. The summed E-state index contributed by atoms with van der Waals surface area (Å²) in [6.07, 6.45) is -3.37. The maximum absolute atomic E-state index is 12.8. The molecule has 6 heteroatoms. The molecule has 1 saturated heterocycles. The molecule has 2 rings (SSSR count). The van der Waals surface area contributed by atoms with Gasteiger partial charge in [0.25, 0.3) is 0 Å². The summed E-state index contributed by atoms with van der Waals surface area (Å²) in [7, 11) is 0. The Hall–Kier alpha value is -0.970. The van der Waals surface area contributed by atoms with Gasteiger partial charge in [0.2, 0.25) is 0 Å². The Bertz CT molecular complexity index is 479. The predicted molar refractivity (Wildman–Crippen MR) is 69.4 cm³/mol. The van der Waals surface area contributed by atoms with E-state index in [2.05, 4.69) is 25.8 Å². The maximum Gasteiger partial charge on any atom is 0.418 e. The Morgan fingerprint density at radius 2 is 1.95 bits per heavy atom. The molecule has 1 aromatic rings. The van der Waals surface area contributed by atoms with Crippen LogP contribution in [0, 0.1) is 11.3 Å². The third kappa shape index (κ3) is 2.66. The Labute approximate surface area is 115 Å². The van der Waals surface area contributed by atoms with E-state index in [0.29, 0.717) is 11.7 Å². The molecule has 0 bridgehead atoms. The van der Waals surface area contributed by atoms with Crippen molar-refractivity contribution in [2.24, 2.45) is 11.3 Å². The number of rotatable bonds is 2. The molecular weight excluding hydrogens is 277 g/mol. The van der Waals surface area contributed by atoms with Crippen LogP contribution >= 0.6 is 11.6 Å². The first kappa shape index (κ1) is 14.4. The van der Waals surface area contributed by atoms with Crippen molar-refractivity contribution in [3.05, 3.63) is 22.8 Å². The molecule has 0 radical (unpaired) electrons. The highest BCUT2D eigenvalue weighted by Gasteiger charge is 2.42. The topological polar surface area (TPSA) is 16.1 Å². The van der Waals surface area contributed by atoms with Gasteiger partial charge in [-0.15, -0.1) is 0 Å². The summed E-state index contributed by atoms with van der Waals surface area (Å²) in [4.78, 5) is 5.85. The van der Waals surface area contributed by atoms with Crippen molar-refractivity contribution in [1.82, 2.24) is 4.98 Å². The molecule has 0 spiro atoms. The minimum absolute atomic E-state index is 0.139. The molecular formula is C13H16ClF3N2. The first-order valence-corrected chi connectivity index (χ1v) is 6.49. The first-order chi connectivity index (χ1) is 8.63. The molecule has 1 aliphatic heterocycles. The number of aromatic nitrogens is 1. The van der Waals surface area contributed by atoms with Gasteiger partial charge in [0.05, 0.1) is 10.6 Å². The molecule has 1 aliphatic rings. The van der Waals surface area contributed by atoms with Crippen LogP contribution in [0.5, 0.6) is 0 Å². The fourth-order valence-corrected chi connectivity index (χ4v) is 2.38. The summed E-state index contributed by atoms with van der Waals surface area (Å²) < 4.78 is 38.3. The first-order valence-electron chi connectivity index (χ1n) is 6.11. The second kappa shape index (κ2) is 4.54. The van der Waals surface area contributed by atoms with Gasteiger partial charge in [-0.1, -0.05) is 32.4 Å². The van der Waals surface area contributed by atoms with Crippen LogP contribution in [0.3, 0.4) is 0 Å². The number of hydrogen-bond donors (Lipinski definition) is 0. The molecule has 2 nitrogen and oxygen atoms in total. The van der Waals surface area contributed by atoms with Gasteiger partial charge in [-0.25, -0.2) is 4.98 Å². The Morgan fingerprint density at radius 3 is 2.42 bits per heavy atom. The zero-order chi connectivity index (χ0) is 14.4. The van der Waals surface area contributed by atoms with Crippen LogP contribution in [-0.2, 0) is 6.18 Å². The summed E-state index contributed by atoms with van der Waals surface area (Å²) in [5.74, 6) is 0.827. The van der Waals surface area contributed by atoms with Gasteiger partial charge in [0.15, 0.2) is 0 Å². The van der Waals surface area contributed by atoms with Gasteiger partial charge in [-0.05, 0) is 12.0 Å². The summed E-state index contributed by atoms with van der Waals surface area (Å²) in [6, 6.07) is 1.03.